The zero-order chi connectivity index (χ0) is 12.8. The Bertz CT molecular complexity index is 334. The normalized spacial score (nSPS) is 12.8. The predicted octanol–water partition coefficient (Wildman–Crippen LogP) is 0.715. The molecule has 0 spiro atoms. The van der Waals surface area contributed by atoms with E-state index in [-0.39, 0.29) is 11.9 Å². The molecule has 0 aliphatic rings. The molecule has 0 fully saturated rings. The molecule has 1 amide bonds. The molecule has 1 rings (SSSR count). The molecule has 1 heterocycles. The van der Waals surface area contributed by atoms with Gasteiger partial charge in [-0.3, -0.25) is 9.48 Å². The van der Waals surface area contributed by atoms with E-state index in [1.165, 1.54) is 0 Å². The van der Waals surface area contributed by atoms with Crippen LogP contribution in [0.15, 0.2) is 18.5 Å². The smallest absolute Gasteiger partial charge is 0.244 e. The van der Waals surface area contributed by atoms with Crippen LogP contribution in [0.2, 0.25) is 0 Å². The minimum atomic E-state index is 0.0599. The molecule has 0 aromatic carbocycles. The fourth-order valence-corrected chi connectivity index (χ4v) is 1.45. The van der Waals surface area contributed by atoms with Gasteiger partial charge in [0.15, 0.2) is 0 Å². The van der Waals surface area contributed by atoms with Gasteiger partial charge in [-0.2, -0.15) is 5.10 Å². The molecule has 5 heteroatoms. The van der Waals surface area contributed by atoms with Gasteiger partial charge in [0.1, 0.15) is 6.54 Å². The highest BCUT2D eigenvalue weighted by molar-refractivity contribution is 5.75. The molecular formula is C12H22N4O. The average Bonchev–Trinajstić information content (AvgIpc) is 2.77. The highest BCUT2D eigenvalue weighted by atomic mass is 16.2. The molecule has 0 saturated heterocycles. The van der Waals surface area contributed by atoms with Crippen LogP contribution in [0.4, 0.5) is 0 Å². The fraction of sp³-hybridized carbons (Fsp3) is 0.667. The van der Waals surface area contributed by atoms with Crippen LogP contribution in [-0.4, -0.2) is 40.2 Å². The Hall–Kier alpha value is -1.36. The van der Waals surface area contributed by atoms with E-state index < -0.39 is 0 Å². The number of nitrogens with two attached hydrogens (primary N) is 1. The molecular weight excluding hydrogens is 216 g/mol. The molecule has 0 saturated carbocycles. The molecule has 0 bridgehead atoms. The standard InChI is InChI=1S/C12H22N4O/c1-10(2)11(13)5-8-15(3)12(17)9-16-7-4-6-14-16/h4,6-7,10-11H,5,8-9,13H2,1-3H3. The van der Waals surface area contributed by atoms with Gasteiger partial charge in [0.25, 0.3) is 0 Å². The summed E-state index contributed by atoms with van der Waals surface area (Å²) in [6, 6.07) is 1.96. The van der Waals surface area contributed by atoms with E-state index in [0.29, 0.717) is 19.0 Å². The van der Waals surface area contributed by atoms with Crippen molar-refractivity contribution in [1.29, 1.82) is 0 Å². The number of hydrogen-bond donors (Lipinski definition) is 1. The maximum atomic E-state index is 11.8. The van der Waals surface area contributed by atoms with Crippen LogP contribution in [0.5, 0.6) is 0 Å². The zero-order valence-electron chi connectivity index (χ0n) is 10.8. The van der Waals surface area contributed by atoms with E-state index in [4.69, 9.17) is 5.73 Å². The summed E-state index contributed by atoms with van der Waals surface area (Å²) in [4.78, 5) is 13.5. The maximum Gasteiger partial charge on any atom is 0.244 e. The van der Waals surface area contributed by atoms with E-state index in [9.17, 15) is 4.79 Å². The Morgan fingerprint density at radius 2 is 2.24 bits per heavy atom. The molecule has 0 aliphatic carbocycles. The molecule has 5 nitrogen and oxygen atoms in total. The minimum Gasteiger partial charge on any atom is -0.344 e. The summed E-state index contributed by atoms with van der Waals surface area (Å²) < 4.78 is 1.63. The number of likely N-dealkylation sites (N-methyl/N-ethyl adjacent to an activating group) is 1. The number of amides is 1. The number of hydrogen-bond acceptors (Lipinski definition) is 3. The van der Waals surface area contributed by atoms with Gasteiger partial charge in [0, 0.05) is 32.0 Å². The average molecular weight is 238 g/mol. The second-order valence-corrected chi connectivity index (χ2v) is 4.72. The third kappa shape index (κ3) is 4.56. The van der Waals surface area contributed by atoms with Crippen molar-refractivity contribution in [3.05, 3.63) is 18.5 Å². The third-order valence-electron chi connectivity index (χ3n) is 2.94. The van der Waals surface area contributed by atoms with Gasteiger partial charge in [-0.25, -0.2) is 0 Å². The molecule has 2 N–H and O–H groups in total. The molecule has 1 aromatic heterocycles. The van der Waals surface area contributed by atoms with Crippen LogP contribution in [0.1, 0.15) is 20.3 Å². The summed E-state index contributed by atoms with van der Waals surface area (Å²) >= 11 is 0. The molecule has 17 heavy (non-hydrogen) atoms. The molecule has 0 aliphatic heterocycles. The van der Waals surface area contributed by atoms with Gasteiger partial charge in [-0.1, -0.05) is 13.8 Å². The number of rotatable bonds is 6. The molecule has 1 aromatic rings. The second kappa shape index (κ2) is 6.39. The van der Waals surface area contributed by atoms with Crippen LogP contribution in [0.25, 0.3) is 0 Å². The van der Waals surface area contributed by atoms with Crippen molar-refractivity contribution < 1.29 is 4.79 Å². The van der Waals surface area contributed by atoms with E-state index in [1.54, 1.807) is 29.0 Å². The Balaban J connectivity index is 2.32. The number of nitrogens with zero attached hydrogens (tertiary/aromatic N) is 3. The number of aromatic nitrogens is 2. The summed E-state index contributed by atoms with van der Waals surface area (Å²) in [6.45, 7) is 5.17. The Labute approximate surface area is 103 Å². The summed E-state index contributed by atoms with van der Waals surface area (Å²) in [7, 11) is 1.80. The van der Waals surface area contributed by atoms with Crippen LogP contribution in [-0.2, 0) is 11.3 Å². The van der Waals surface area contributed by atoms with Crippen LogP contribution >= 0.6 is 0 Å². The molecule has 1 atom stereocenters. The van der Waals surface area contributed by atoms with Crippen LogP contribution in [0, 0.1) is 5.92 Å². The summed E-state index contributed by atoms with van der Waals surface area (Å²) in [5, 5.41) is 4.01. The van der Waals surface area contributed by atoms with Crippen molar-refractivity contribution in [3.63, 3.8) is 0 Å². The summed E-state index contributed by atoms with van der Waals surface area (Å²) in [5.74, 6) is 0.509. The summed E-state index contributed by atoms with van der Waals surface area (Å²) in [5.41, 5.74) is 5.95. The van der Waals surface area contributed by atoms with Gasteiger partial charge >= 0.3 is 0 Å². The van der Waals surface area contributed by atoms with Gasteiger partial charge in [0.05, 0.1) is 0 Å². The van der Waals surface area contributed by atoms with E-state index >= 15 is 0 Å². The lowest BCUT2D eigenvalue weighted by atomic mass is 10.0. The fourth-order valence-electron chi connectivity index (χ4n) is 1.45. The van der Waals surface area contributed by atoms with Crippen LogP contribution in [0.3, 0.4) is 0 Å². The largest absolute Gasteiger partial charge is 0.344 e. The Morgan fingerprint density at radius 1 is 1.53 bits per heavy atom. The van der Waals surface area contributed by atoms with Crippen molar-refractivity contribution in [3.8, 4) is 0 Å². The first-order chi connectivity index (χ1) is 8.00. The van der Waals surface area contributed by atoms with E-state index in [0.717, 1.165) is 6.42 Å². The van der Waals surface area contributed by atoms with Crippen molar-refractivity contribution in [2.24, 2.45) is 11.7 Å². The van der Waals surface area contributed by atoms with Gasteiger partial charge in [-0.05, 0) is 18.4 Å². The lowest BCUT2D eigenvalue weighted by Crippen LogP contribution is -2.36. The first-order valence-electron chi connectivity index (χ1n) is 5.97. The zero-order valence-corrected chi connectivity index (χ0v) is 10.8. The number of carbonyl (C=O) groups excluding carboxylic acids is 1. The Morgan fingerprint density at radius 3 is 2.76 bits per heavy atom. The van der Waals surface area contributed by atoms with Gasteiger partial charge < -0.3 is 10.6 Å². The number of carbonyl (C=O) groups is 1. The highest BCUT2D eigenvalue weighted by Gasteiger charge is 2.13. The van der Waals surface area contributed by atoms with Crippen LogP contribution < -0.4 is 5.73 Å². The van der Waals surface area contributed by atoms with Crippen molar-refractivity contribution in [2.45, 2.75) is 32.9 Å². The van der Waals surface area contributed by atoms with Crippen molar-refractivity contribution in [1.82, 2.24) is 14.7 Å². The minimum absolute atomic E-state index is 0.0599. The topological polar surface area (TPSA) is 64.2 Å². The lowest BCUT2D eigenvalue weighted by Gasteiger charge is -2.21. The van der Waals surface area contributed by atoms with Gasteiger partial charge in [-0.15, -0.1) is 0 Å². The van der Waals surface area contributed by atoms with E-state index in [1.807, 2.05) is 6.07 Å². The highest BCUT2D eigenvalue weighted by Crippen LogP contribution is 2.04. The predicted molar refractivity (Wildman–Crippen MR) is 67.3 cm³/mol. The third-order valence-corrected chi connectivity index (χ3v) is 2.94. The monoisotopic (exact) mass is 238 g/mol. The maximum absolute atomic E-state index is 11.8. The summed E-state index contributed by atoms with van der Waals surface area (Å²) in [6.07, 6.45) is 4.28. The molecule has 1 unspecified atom stereocenters. The lowest BCUT2D eigenvalue weighted by molar-refractivity contribution is -0.130. The second-order valence-electron chi connectivity index (χ2n) is 4.72. The quantitative estimate of drug-likeness (QED) is 0.794. The first-order valence-corrected chi connectivity index (χ1v) is 5.97. The van der Waals surface area contributed by atoms with Crippen molar-refractivity contribution in [2.75, 3.05) is 13.6 Å². The van der Waals surface area contributed by atoms with Crippen molar-refractivity contribution >= 4 is 5.91 Å². The van der Waals surface area contributed by atoms with Gasteiger partial charge in [0.2, 0.25) is 5.91 Å². The van der Waals surface area contributed by atoms with E-state index in [2.05, 4.69) is 18.9 Å². The SMILES string of the molecule is CC(C)C(N)CCN(C)C(=O)Cn1cccn1. The Kier molecular flexibility index (Phi) is 5.15. The molecule has 0 radical (unpaired) electrons. The first kappa shape index (κ1) is 13.7. The molecule has 96 valence electrons.